The lowest BCUT2D eigenvalue weighted by atomic mass is 10.4. The summed E-state index contributed by atoms with van der Waals surface area (Å²) in [6, 6.07) is 21.3. The molecular formula is C16H22OSi2. The topological polar surface area (TPSA) is 9.23 Å². The Kier molecular flexibility index (Phi) is 4.08. The van der Waals surface area contributed by atoms with Crippen molar-refractivity contribution in [3.8, 4) is 0 Å². The molecule has 0 heterocycles. The van der Waals surface area contributed by atoms with Gasteiger partial charge in [-0.05, 0) is 36.6 Å². The largest absolute Gasteiger partial charge is 0.449 e. The highest BCUT2D eigenvalue weighted by Crippen LogP contribution is 2.15. The van der Waals surface area contributed by atoms with Crippen LogP contribution in [0.15, 0.2) is 60.7 Å². The number of hydrogen-bond acceptors (Lipinski definition) is 1. The molecule has 0 N–H and O–H groups in total. The van der Waals surface area contributed by atoms with Crippen LogP contribution in [0.4, 0.5) is 0 Å². The maximum atomic E-state index is 6.68. The summed E-state index contributed by atoms with van der Waals surface area (Å²) < 4.78 is 6.68. The fourth-order valence-electron chi connectivity index (χ4n) is 2.43. The summed E-state index contributed by atoms with van der Waals surface area (Å²) in [6.45, 7) is 9.17. The molecule has 2 aromatic carbocycles. The minimum Gasteiger partial charge on any atom is -0.449 e. The molecular weight excluding hydrogens is 264 g/mol. The number of hydrogen-bond donors (Lipinski definition) is 0. The first-order valence-corrected chi connectivity index (χ1v) is 12.5. The van der Waals surface area contributed by atoms with Crippen molar-refractivity contribution in [3.05, 3.63) is 60.7 Å². The third kappa shape index (κ3) is 3.44. The van der Waals surface area contributed by atoms with Crippen molar-refractivity contribution >= 4 is 27.0 Å². The van der Waals surface area contributed by atoms with Gasteiger partial charge in [-0.15, -0.1) is 0 Å². The monoisotopic (exact) mass is 286 g/mol. The van der Waals surface area contributed by atoms with Crippen LogP contribution < -0.4 is 10.4 Å². The highest BCUT2D eigenvalue weighted by Gasteiger charge is 2.35. The lowest BCUT2D eigenvalue weighted by Crippen LogP contribution is -2.57. The first kappa shape index (κ1) is 14.2. The van der Waals surface area contributed by atoms with Crippen molar-refractivity contribution in [3.63, 3.8) is 0 Å². The van der Waals surface area contributed by atoms with Crippen molar-refractivity contribution in [1.82, 2.24) is 0 Å². The van der Waals surface area contributed by atoms with Gasteiger partial charge in [0.2, 0.25) is 16.6 Å². The zero-order valence-electron chi connectivity index (χ0n) is 12.2. The highest BCUT2D eigenvalue weighted by molar-refractivity contribution is 6.96. The molecule has 2 aromatic rings. The Morgan fingerprint density at radius 2 is 0.895 bits per heavy atom. The summed E-state index contributed by atoms with van der Waals surface area (Å²) in [7, 11) is -3.67. The van der Waals surface area contributed by atoms with Gasteiger partial charge < -0.3 is 4.12 Å². The van der Waals surface area contributed by atoms with E-state index in [2.05, 4.69) is 86.9 Å². The van der Waals surface area contributed by atoms with E-state index in [0.717, 1.165) is 0 Å². The number of benzene rings is 2. The van der Waals surface area contributed by atoms with Gasteiger partial charge in [0.15, 0.2) is 0 Å². The van der Waals surface area contributed by atoms with E-state index >= 15 is 0 Å². The predicted octanol–water partition coefficient (Wildman–Crippen LogP) is 3.23. The van der Waals surface area contributed by atoms with Crippen LogP contribution in [-0.2, 0) is 4.12 Å². The van der Waals surface area contributed by atoms with Crippen LogP contribution in [0.2, 0.25) is 26.2 Å². The molecule has 0 spiro atoms. The van der Waals surface area contributed by atoms with E-state index in [0.29, 0.717) is 0 Å². The van der Waals surface area contributed by atoms with E-state index in [9.17, 15) is 0 Å². The molecule has 0 aliphatic carbocycles. The molecule has 0 saturated heterocycles. The summed E-state index contributed by atoms with van der Waals surface area (Å²) in [6.07, 6.45) is 0. The minimum absolute atomic E-state index is 1.37. The van der Waals surface area contributed by atoms with Crippen LogP contribution in [0.5, 0.6) is 0 Å². The maximum Gasteiger partial charge on any atom is 0.206 e. The lowest BCUT2D eigenvalue weighted by molar-refractivity contribution is 0.573. The van der Waals surface area contributed by atoms with Gasteiger partial charge in [0.25, 0.3) is 0 Å². The van der Waals surface area contributed by atoms with Gasteiger partial charge in [-0.1, -0.05) is 60.7 Å². The lowest BCUT2D eigenvalue weighted by Gasteiger charge is -2.34. The molecule has 0 aromatic heterocycles. The van der Waals surface area contributed by atoms with Gasteiger partial charge in [0.05, 0.1) is 0 Å². The molecule has 0 saturated carbocycles. The molecule has 0 fully saturated rings. The van der Waals surface area contributed by atoms with E-state index in [-0.39, 0.29) is 0 Å². The van der Waals surface area contributed by atoms with Crippen molar-refractivity contribution in [2.45, 2.75) is 26.2 Å². The molecule has 19 heavy (non-hydrogen) atoms. The average Bonchev–Trinajstić information content (AvgIpc) is 2.40. The van der Waals surface area contributed by atoms with E-state index in [1.54, 1.807) is 0 Å². The smallest absolute Gasteiger partial charge is 0.206 e. The van der Waals surface area contributed by atoms with Gasteiger partial charge in [0, 0.05) is 0 Å². The summed E-state index contributed by atoms with van der Waals surface area (Å²) in [5.74, 6) is 0. The van der Waals surface area contributed by atoms with Gasteiger partial charge in [0.1, 0.15) is 0 Å². The zero-order chi connectivity index (χ0) is 13.9. The van der Waals surface area contributed by atoms with Crippen LogP contribution in [0, 0.1) is 0 Å². The molecule has 1 nitrogen and oxygen atoms in total. The highest BCUT2D eigenvalue weighted by atomic mass is 28.4. The summed E-state index contributed by atoms with van der Waals surface area (Å²) in [4.78, 5) is 0. The fraction of sp³-hybridized carbons (Fsp3) is 0.250. The Morgan fingerprint density at radius 3 is 1.21 bits per heavy atom. The molecule has 0 aliphatic rings. The van der Waals surface area contributed by atoms with Gasteiger partial charge in [-0.25, -0.2) is 0 Å². The van der Waals surface area contributed by atoms with Crippen LogP contribution >= 0.6 is 0 Å². The molecule has 0 radical (unpaired) electrons. The van der Waals surface area contributed by atoms with Crippen LogP contribution in [0.25, 0.3) is 0 Å². The quantitative estimate of drug-likeness (QED) is 0.784. The first-order chi connectivity index (χ1) is 8.92. The van der Waals surface area contributed by atoms with Crippen LogP contribution in [-0.4, -0.2) is 16.6 Å². The molecule has 0 aliphatic heterocycles. The van der Waals surface area contributed by atoms with Crippen LogP contribution in [0.1, 0.15) is 0 Å². The Labute approximate surface area is 118 Å². The maximum absolute atomic E-state index is 6.68. The third-order valence-corrected chi connectivity index (χ3v) is 11.0. The Morgan fingerprint density at radius 1 is 0.579 bits per heavy atom. The Bertz CT molecular complexity index is 471. The summed E-state index contributed by atoms with van der Waals surface area (Å²) in [5.41, 5.74) is 0. The Hall–Kier alpha value is -1.17. The first-order valence-electron chi connectivity index (χ1n) is 6.73. The zero-order valence-corrected chi connectivity index (χ0v) is 14.2. The SMILES string of the molecule is C[Si](C)(O[Si](C)(C)c1ccccc1)c1ccccc1. The average molecular weight is 287 g/mol. The molecule has 0 unspecified atom stereocenters. The summed E-state index contributed by atoms with van der Waals surface area (Å²) in [5, 5.41) is 2.73. The molecule has 0 atom stereocenters. The Balaban J connectivity index is 2.25. The predicted molar refractivity (Wildman–Crippen MR) is 88.2 cm³/mol. The third-order valence-electron chi connectivity index (χ3n) is 3.45. The van der Waals surface area contributed by atoms with Gasteiger partial charge >= 0.3 is 0 Å². The number of rotatable bonds is 4. The standard InChI is InChI=1S/C16H22OSi2/c1-18(2,15-11-7-5-8-12-15)17-19(3,4)16-13-9-6-10-14-16/h5-14H,1-4H3. The van der Waals surface area contributed by atoms with Crippen molar-refractivity contribution in [1.29, 1.82) is 0 Å². The van der Waals surface area contributed by atoms with Crippen molar-refractivity contribution < 1.29 is 4.12 Å². The minimum atomic E-state index is -1.84. The molecule has 0 bridgehead atoms. The van der Waals surface area contributed by atoms with Crippen molar-refractivity contribution in [2.24, 2.45) is 0 Å². The van der Waals surface area contributed by atoms with Gasteiger partial charge in [-0.2, -0.15) is 0 Å². The van der Waals surface area contributed by atoms with Gasteiger partial charge in [-0.3, -0.25) is 0 Å². The van der Waals surface area contributed by atoms with E-state index in [1.165, 1.54) is 10.4 Å². The molecule has 0 amide bonds. The second-order valence-corrected chi connectivity index (χ2v) is 13.9. The molecule has 2 rings (SSSR count). The molecule has 100 valence electrons. The van der Waals surface area contributed by atoms with Crippen molar-refractivity contribution in [2.75, 3.05) is 0 Å². The normalized spacial score (nSPS) is 12.4. The second kappa shape index (κ2) is 5.45. The molecule has 3 heteroatoms. The van der Waals surface area contributed by atoms with Crippen LogP contribution in [0.3, 0.4) is 0 Å². The second-order valence-electron chi connectivity index (χ2n) is 5.85. The van der Waals surface area contributed by atoms with E-state index < -0.39 is 16.6 Å². The summed E-state index contributed by atoms with van der Waals surface area (Å²) >= 11 is 0. The van der Waals surface area contributed by atoms with E-state index in [1.807, 2.05) is 0 Å². The van der Waals surface area contributed by atoms with E-state index in [4.69, 9.17) is 4.12 Å². The fourth-order valence-corrected chi connectivity index (χ4v) is 10.5.